The molecule has 0 aliphatic heterocycles. The first-order valence-corrected chi connectivity index (χ1v) is 7.42. The summed E-state index contributed by atoms with van der Waals surface area (Å²) in [5.41, 5.74) is 1.96. The van der Waals surface area contributed by atoms with Gasteiger partial charge in [0.05, 0.1) is 11.6 Å². The summed E-state index contributed by atoms with van der Waals surface area (Å²) in [6.07, 6.45) is 1.74. The van der Waals surface area contributed by atoms with Crippen LogP contribution >= 0.6 is 11.6 Å². The minimum atomic E-state index is -1.45. The van der Waals surface area contributed by atoms with Crippen LogP contribution in [0, 0.1) is 6.92 Å². The monoisotopic (exact) mass is 188 g/mol. The van der Waals surface area contributed by atoms with E-state index in [-0.39, 0.29) is 0 Å². The van der Waals surface area contributed by atoms with Gasteiger partial charge < -0.3 is 4.42 Å². The molecule has 11 heavy (non-hydrogen) atoms. The molecule has 0 amide bonds. The molecule has 0 aliphatic rings. The number of furan rings is 1. The van der Waals surface area contributed by atoms with Crippen LogP contribution < -0.4 is 5.38 Å². The maximum absolute atomic E-state index is 5.86. The summed E-state index contributed by atoms with van der Waals surface area (Å²) in [5, 5.41) is 1.13. The second kappa shape index (κ2) is 3.03. The fourth-order valence-electron chi connectivity index (χ4n) is 1.13. The van der Waals surface area contributed by atoms with Crippen LogP contribution in [0.5, 0.6) is 0 Å². The zero-order valence-corrected chi connectivity index (χ0v) is 8.90. The predicted molar refractivity (Wildman–Crippen MR) is 51.3 cm³/mol. The molecule has 0 unspecified atom stereocenters. The molecule has 0 saturated heterocycles. The van der Waals surface area contributed by atoms with Crippen molar-refractivity contribution in [2.45, 2.75) is 20.0 Å². The molecule has 0 N–H and O–H groups in total. The summed E-state index contributed by atoms with van der Waals surface area (Å²) in [6, 6.07) is 2.00. The fourth-order valence-corrected chi connectivity index (χ4v) is 3.15. The minimum Gasteiger partial charge on any atom is -0.474 e. The van der Waals surface area contributed by atoms with E-state index in [2.05, 4.69) is 20.0 Å². The quantitative estimate of drug-likeness (QED) is 0.513. The third-order valence-electron chi connectivity index (χ3n) is 1.81. The molecule has 3 heteroatoms. The molecule has 1 aromatic heterocycles. The molecule has 0 bridgehead atoms. The molecule has 0 aromatic carbocycles. The number of aryl methyl sites for hydroxylation is 1. The van der Waals surface area contributed by atoms with Gasteiger partial charge >= 0.3 is 0 Å². The lowest BCUT2D eigenvalue weighted by molar-refractivity contribution is 0.596. The van der Waals surface area contributed by atoms with Crippen molar-refractivity contribution in [3.8, 4) is 0 Å². The molecule has 0 fully saturated rings. The van der Waals surface area contributed by atoms with Gasteiger partial charge in [0.15, 0.2) is 0 Å². The minimum absolute atomic E-state index is 0.724. The van der Waals surface area contributed by atoms with Crippen molar-refractivity contribution in [3.05, 3.63) is 17.9 Å². The topological polar surface area (TPSA) is 13.1 Å². The van der Waals surface area contributed by atoms with E-state index in [0.717, 1.165) is 10.9 Å². The molecule has 62 valence electrons. The van der Waals surface area contributed by atoms with Crippen LogP contribution in [0.4, 0.5) is 0 Å². The molecule has 1 heterocycles. The van der Waals surface area contributed by atoms with E-state index in [0.29, 0.717) is 0 Å². The molecule has 0 radical (unpaired) electrons. The van der Waals surface area contributed by atoms with Crippen LogP contribution in [0.3, 0.4) is 0 Å². The zero-order valence-electron chi connectivity index (χ0n) is 7.15. The number of alkyl halides is 1. The normalized spacial score (nSPS) is 12.0. The van der Waals surface area contributed by atoms with E-state index in [1.165, 1.54) is 5.56 Å². The van der Waals surface area contributed by atoms with Crippen molar-refractivity contribution in [2.24, 2.45) is 0 Å². The van der Waals surface area contributed by atoms with Gasteiger partial charge in [0, 0.05) is 5.50 Å². The van der Waals surface area contributed by atoms with Gasteiger partial charge in [-0.3, -0.25) is 0 Å². The summed E-state index contributed by atoms with van der Waals surface area (Å²) in [6.45, 7) is 6.50. The maximum atomic E-state index is 5.86. The van der Waals surface area contributed by atoms with Gasteiger partial charge in [-0.05, 0) is 18.6 Å². The van der Waals surface area contributed by atoms with Crippen LogP contribution in [0.1, 0.15) is 5.56 Å². The molecule has 0 aliphatic carbocycles. The van der Waals surface area contributed by atoms with E-state index in [9.17, 15) is 0 Å². The molecule has 0 atom stereocenters. The lowest BCUT2D eigenvalue weighted by Gasteiger charge is -2.16. The van der Waals surface area contributed by atoms with Gasteiger partial charge in [0.25, 0.3) is 0 Å². The third kappa shape index (κ3) is 1.68. The molecule has 1 aromatic rings. The van der Waals surface area contributed by atoms with Gasteiger partial charge in [0.1, 0.15) is 8.07 Å². The lowest BCUT2D eigenvalue weighted by Crippen LogP contribution is -2.44. The Labute approximate surface area is 73.4 Å². The first-order valence-electron chi connectivity index (χ1n) is 3.68. The zero-order chi connectivity index (χ0) is 8.48. The van der Waals surface area contributed by atoms with Crippen molar-refractivity contribution in [3.63, 3.8) is 0 Å². The Hall–Kier alpha value is -0.213. The standard InChI is InChI=1S/C8H13ClOSi/c1-7-4-5-10-8(7)11(2,3)6-9/h4-5H,6H2,1-3H3. The first-order chi connectivity index (χ1) is 5.08. The second-order valence-corrected chi connectivity index (χ2v) is 8.74. The Bertz CT molecular complexity index is 242. The van der Waals surface area contributed by atoms with Crippen LogP contribution in [0.25, 0.3) is 0 Å². The van der Waals surface area contributed by atoms with Crippen molar-refractivity contribution >= 4 is 25.1 Å². The van der Waals surface area contributed by atoms with E-state index < -0.39 is 8.07 Å². The summed E-state index contributed by atoms with van der Waals surface area (Å²) in [4.78, 5) is 0. The largest absolute Gasteiger partial charge is 0.474 e. The average Bonchev–Trinajstić information content (AvgIpc) is 2.36. The Morgan fingerprint density at radius 3 is 2.55 bits per heavy atom. The maximum Gasteiger partial charge on any atom is 0.141 e. The van der Waals surface area contributed by atoms with Crippen molar-refractivity contribution < 1.29 is 4.42 Å². The predicted octanol–water partition coefficient (Wildman–Crippen LogP) is 2.28. The summed E-state index contributed by atoms with van der Waals surface area (Å²) in [7, 11) is -1.45. The molecular weight excluding hydrogens is 176 g/mol. The highest BCUT2D eigenvalue weighted by atomic mass is 35.5. The van der Waals surface area contributed by atoms with Gasteiger partial charge in [-0.25, -0.2) is 0 Å². The van der Waals surface area contributed by atoms with Gasteiger partial charge in [-0.1, -0.05) is 13.1 Å². The lowest BCUT2D eigenvalue weighted by atomic mass is 10.4. The second-order valence-electron chi connectivity index (χ2n) is 3.45. The van der Waals surface area contributed by atoms with Gasteiger partial charge in [-0.15, -0.1) is 11.6 Å². The Morgan fingerprint density at radius 2 is 2.18 bits per heavy atom. The summed E-state index contributed by atoms with van der Waals surface area (Å²) in [5.74, 6) is 0. The highest BCUT2D eigenvalue weighted by Crippen LogP contribution is 2.09. The van der Waals surface area contributed by atoms with E-state index in [4.69, 9.17) is 16.0 Å². The van der Waals surface area contributed by atoms with Crippen LogP contribution in [-0.2, 0) is 0 Å². The Kier molecular flexibility index (Phi) is 2.45. The average molecular weight is 189 g/mol. The number of hydrogen-bond acceptors (Lipinski definition) is 1. The summed E-state index contributed by atoms with van der Waals surface area (Å²) >= 11 is 5.86. The first kappa shape index (κ1) is 8.88. The Balaban J connectivity index is 3.00. The van der Waals surface area contributed by atoms with Crippen LogP contribution in [0.2, 0.25) is 13.1 Å². The number of halogens is 1. The molecule has 1 rings (SSSR count). The summed E-state index contributed by atoms with van der Waals surface area (Å²) < 4.78 is 5.40. The SMILES string of the molecule is Cc1ccoc1[Si](C)(C)CCl. The van der Waals surface area contributed by atoms with Crippen LogP contribution in [-0.4, -0.2) is 13.6 Å². The number of rotatable bonds is 2. The van der Waals surface area contributed by atoms with Crippen molar-refractivity contribution in [2.75, 3.05) is 5.50 Å². The molecular formula is C8H13ClOSi. The molecule has 0 spiro atoms. The van der Waals surface area contributed by atoms with Crippen LogP contribution in [0.15, 0.2) is 16.7 Å². The van der Waals surface area contributed by atoms with E-state index in [1.54, 1.807) is 6.26 Å². The van der Waals surface area contributed by atoms with E-state index in [1.807, 2.05) is 6.07 Å². The highest BCUT2D eigenvalue weighted by molar-refractivity contribution is 6.93. The molecule has 0 saturated carbocycles. The number of hydrogen-bond donors (Lipinski definition) is 0. The van der Waals surface area contributed by atoms with Crippen molar-refractivity contribution in [1.29, 1.82) is 0 Å². The third-order valence-corrected chi connectivity index (χ3v) is 6.23. The van der Waals surface area contributed by atoms with E-state index >= 15 is 0 Å². The van der Waals surface area contributed by atoms with Gasteiger partial charge in [0.2, 0.25) is 0 Å². The molecule has 1 nitrogen and oxygen atoms in total. The fraction of sp³-hybridized carbons (Fsp3) is 0.500. The highest BCUT2D eigenvalue weighted by Gasteiger charge is 2.27. The Morgan fingerprint density at radius 1 is 1.55 bits per heavy atom. The smallest absolute Gasteiger partial charge is 0.141 e. The van der Waals surface area contributed by atoms with Crippen molar-refractivity contribution in [1.82, 2.24) is 0 Å². The van der Waals surface area contributed by atoms with Gasteiger partial charge in [-0.2, -0.15) is 0 Å².